The molecule has 0 aliphatic carbocycles. The van der Waals surface area contributed by atoms with Gasteiger partial charge in [0.15, 0.2) is 11.5 Å². The Balaban J connectivity index is 1.72. The fourth-order valence-electron chi connectivity index (χ4n) is 3.97. The molecule has 0 saturated carbocycles. The van der Waals surface area contributed by atoms with E-state index < -0.39 is 24.0 Å². The first kappa shape index (κ1) is 22.5. The Morgan fingerprint density at radius 3 is 2.39 bits per heavy atom. The lowest BCUT2D eigenvalue weighted by atomic mass is 9.90. The molecule has 0 N–H and O–H groups in total. The number of methoxy groups -OCH3 is 1. The standard InChI is InChI=1S/C25H26O8/c1-4-29-24(26)21-20(13-15-6-11-18-19(12-15)32-14-31-18)33-23(22(21)25(27)30-5-2)16-7-9-17(28-3)10-8-16/h6-12,20-21H,4-5,13-14H2,1-3H3/t20-,21+/m0/s1. The van der Waals surface area contributed by atoms with E-state index in [1.54, 1.807) is 45.2 Å². The molecule has 0 fully saturated rings. The van der Waals surface area contributed by atoms with Gasteiger partial charge >= 0.3 is 11.9 Å². The van der Waals surface area contributed by atoms with Gasteiger partial charge < -0.3 is 28.4 Å². The molecule has 0 amide bonds. The van der Waals surface area contributed by atoms with Crippen LogP contribution in [0.5, 0.6) is 17.2 Å². The molecule has 2 aliphatic heterocycles. The summed E-state index contributed by atoms with van der Waals surface area (Å²) in [6.45, 7) is 3.95. The Kier molecular flexibility index (Phi) is 6.72. The number of fused-ring (bicyclic) bond motifs is 1. The summed E-state index contributed by atoms with van der Waals surface area (Å²) in [5.41, 5.74) is 1.67. The number of esters is 2. The lowest BCUT2D eigenvalue weighted by Crippen LogP contribution is -2.33. The molecule has 4 rings (SSSR count). The molecule has 8 nitrogen and oxygen atoms in total. The molecule has 2 aromatic carbocycles. The molecule has 0 unspecified atom stereocenters. The minimum Gasteiger partial charge on any atom is -0.497 e. The van der Waals surface area contributed by atoms with Crippen molar-refractivity contribution in [3.05, 3.63) is 59.2 Å². The van der Waals surface area contributed by atoms with Crippen molar-refractivity contribution in [2.24, 2.45) is 5.92 Å². The first-order valence-electron chi connectivity index (χ1n) is 10.8. The van der Waals surface area contributed by atoms with Gasteiger partial charge in [-0.1, -0.05) is 6.07 Å². The van der Waals surface area contributed by atoms with Crippen molar-refractivity contribution in [3.63, 3.8) is 0 Å². The van der Waals surface area contributed by atoms with Gasteiger partial charge in [0.1, 0.15) is 23.5 Å². The zero-order chi connectivity index (χ0) is 23.4. The molecule has 174 valence electrons. The van der Waals surface area contributed by atoms with Gasteiger partial charge in [-0.15, -0.1) is 0 Å². The fourth-order valence-corrected chi connectivity index (χ4v) is 3.97. The number of benzene rings is 2. The SMILES string of the molecule is CCOC(=O)C1=C(c2ccc(OC)cc2)O[C@@H](Cc2ccc3c(c2)OCO3)[C@H]1C(=O)OCC. The topological polar surface area (TPSA) is 89.5 Å². The van der Waals surface area contributed by atoms with E-state index in [2.05, 4.69) is 0 Å². The molecular formula is C25H26O8. The predicted octanol–water partition coefficient (Wildman–Crippen LogP) is 3.52. The Bertz CT molecular complexity index is 1060. The quantitative estimate of drug-likeness (QED) is 0.560. The molecule has 0 aromatic heterocycles. The van der Waals surface area contributed by atoms with Crippen LogP contribution < -0.4 is 14.2 Å². The molecule has 0 saturated heterocycles. The number of carbonyl (C=O) groups excluding carboxylic acids is 2. The van der Waals surface area contributed by atoms with Crippen LogP contribution in [0.2, 0.25) is 0 Å². The van der Waals surface area contributed by atoms with E-state index in [1.807, 2.05) is 18.2 Å². The number of hydrogen-bond donors (Lipinski definition) is 0. The second-order valence-electron chi connectivity index (χ2n) is 7.47. The van der Waals surface area contributed by atoms with Gasteiger partial charge in [0.05, 0.1) is 25.9 Å². The molecule has 0 bridgehead atoms. The highest BCUT2D eigenvalue weighted by Crippen LogP contribution is 2.41. The van der Waals surface area contributed by atoms with Crippen LogP contribution in [0.3, 0.4) is 0 Å². The smallest absolute Gasteiger partial charge is 0.338 e. The average molecular weight is 454 g/mol. The van der Waals surface area contributed by atoms with Crippen LogP contribution in [-0.2, 0) is 30.2 Å². The third kappa shape index (κ3) is 4.60. The van der Waals surface area contributed by atoms with Crippen LogP contribution in [0, 0.1) is 5.92 Å². The number of rotatable bonds is 8. The minimum absolute atomic E-state index is 0.159. The van der Waals surface area contributed by atoms with Crippen LogP contribution in [0.25, 0.3) is 5.76 Å². The summed E-state index contributed by atoms with van der Waals surface area (Å²) < 4.78 is 33.0. The van der Waals surface area contributed by atoms with E-state index >= 15 is 0 Å². The van der Waals surface area contributed by atoms with Gasteiger partial charge in [-0.2, -0.15) is 0 Å². The van der Waals surface area contributed by atoms with Crippen molar-refractivity contribution in [2.75, 3.05) is 27.1 Å². The summed E-state index contributed by atoms with van der Waals surface area (Å²) in [6, 6.07) is 12.6. The Morgan fingerprint density at radius 1 is 0.970 bits per heavy atom. The number of carbonyl (C=O) groups is 2. The maximum atomic E-state index is 13.0. The van der Waals surface area contributed by atoms with E-state index in [1.165, 1.54) is 0 Å². The third-order valence-electron chi connectivity index (χ3n) is 5.46. The van der Waals surface area contributed by atoms with E-state index in [0.29, 0.717) is 35.0 Å². The average Bonchev–Trinajstić information content (AvgIpc) is 3.44. The first-order chi connectivity index (χ1) is 16.0. The molecule has 2 aromatic rings. The summed E-state index contributed by atoms with van der Waals surface area (Å²) in [7, 11) is 1.57. The molecule has 2 aliphatic rings. The predicted molar refractivity (Wildman–Crippen MR) is 118 cm³/mol. The van der Waals surface area contributed by atoms with Gasteiger partial charge in [-0.05, 0) is 55.8 Å². The monoisotopic (exact) mass is 454 g/mol. The highest BCUT2D eigenvalue weighted by atomic mass is 16.7. The molecular weight excluding hydrogens is 428 g/mol. The molecule has 8 heteroatoms. The molecule has 2 heterocycles. The number of hydrogen-bond acceptors (Lipinski definition) is 8. The van der Waals surface area contributed by atoms with Crippen molar-refractivity contribution < 1.29 is 38.0 Å². The van der Waals surface area contributed by atoms with Crippen molar-refractivity contribution in [1.29, 1.82) is 0 Å². The Labute approximate surface area is 192 Å². The van der Waals surface area contributed by atoms with Gasteiger partial charge in [0.2, 0.25) is 6.79 Å². The molecule has 0 radical (unpaired) electrons. The van der Waals surface area contributed by atoms with Crippen LogP contribution in [0.1, 0.15) is 25.0 Å². The zero-order valence-electron chi connectivity index (χ0n) is 18.8. The Hall–Kier alpha value is -3.68. The van der Waals surface area contributed by atoms with Gasteiger partial charge in [0, 0.05) is 12.0 Å². The fraction of sp³-hybridized carbons (Fsp3) is 0.360. The van der Waals surface area contributed by atoms with Crippen molar-refractivity contribution >= 4 is 17.7 Å². The lowest BCUT2D eigenvalue weighted by molar-refractivity contribution is -0.151. The van der Waals surface area contributed by atoms with E-state index in [4.69, 9.17) is 28.4 Å². The van der Waals surface area contributed by atoms with Crippen LogP contribution >= 0.6 is 0 Å². The van der Waals surface area contributed by atoms with Crippen molar-refractivity contribution in [1.82, 2.24) is 0 Å². The highest BCUT2D eigenvalue weighted by molar-refractivity contribution is 6.03. The third-order valence-corrected chi connectivity index (χ3v) is 5.46. The van der Waals surface area contributed by atoms with Crippen molar-refractivity contribution in [3.8, 4) is 17.2 Å². The minimum atomic E-state index is -0.938. The second kappa shape index (κ2) is 9.85. The normalized spacial score (nSPS) is 18.6. The van der Waals surface area contributed by atoms with Crippen LogP contribution in [0.4, 0.5) is 0 Å². The summed E-state index contributed by atoms with van der Waals surface area (Å²) in [6.07, 6.45) is -0.316. The summed E-state index contributed by atoms with van der Waals surface area (Å²) >= 11 is 0. The van der Waals surface area contributed by atoms with E-state index in [0.717, 1.165) is 5.56 Å². The second-order valence-corrected chi connectivity index (χ2v) is 7.47. The van der Waals surface area contributed by atoms with Gasteiger partial charge in [0.25, 0.3) is 0 Å². The molecule has 0 spiro atoms. The van der Waals surface area contributed by atoms with E-state index in [9.17, 15) is 9.59 Å². The molecule has 2 atom stereocenters. The summed E-state index contributed by atoms with van der Waals surface area (Å²) in [4.78, 5) is 26.0. The van der Waals surface area contributed by atoms with Crippen LogP contribution in [0.15, 0.2) is 48.0 Å². The summed E-state index contributed by atoms with van der Waals surface area (Å²) in [5.74, 6) is 0.189. The maximum absolute atomic E-state index is 13.0. The lowest BCUT2D eigenvalue weighted by Gasteiger charge is -2.20. The first-order valence-corrected chi connectivity index (χ1v) is 10.8. The zero-order valence-corrected chi connectivity index (χ0v) is 18.8. The van der Waals surface area contributed by atoms with Gasteiger partial charge in [-0.3, -0.25) is 4.79 Å². The molecule has 33 heavy (non-hydrogen) atoms. The van der Waals surface area contributed by atoms with Crippen molar-refractivity contribution in [2.45, 2.75) is 26.4 Å². The van der Waals surface area contributed by atoms with Gasteiger partial charge in [-0.25, -0.2) is 4.79 Å². The van der Waals surface area contributed by atoms with Crippen LogP contribution in [-0.4, -0.2) is 45.2 Å². The largest absolute Gasteiger partial charge is 0.497 e. The highest BCUT2D eigenvalue weighted by Gasteiger charge is 2.47. The summed E-state index contributed by atoms with van der Waals surface area (Å²) in [5, 5.41) is 0. The number of ether oxygens (including phenoxy) is 6. The maximum Gasteiger partial charge on any atom is 0.338 e. The van der Waals surface area contributed by atoms with E-state index in [-0.39, 0.29) is 25.6 Å². The Morgan fingerprint density at radius 2 is 1.70 bits per heavy atom.